The summed E-state index contributed by atoms with van der Waals surface area (Å²) in [6.07, 6.45) is 1.62. The van der Waals surface area contributed by atoms with Crippen molar-refractivity contribution in [2.45, 2.75) is 59.3 Å². The maximum atomic E-state index is 12.7. The molecule has 7 nitrogen and oxygen atoms in total. The van der Waals surface area contributed by atoms with Gasteiger partial charge in [0.15, 0.2) is 6.29 Å². The van der Waals surface area contributed by atoms with Crippen LogP contribution in [0.5, 0.6) is 11.6 Å². The first kappa shape index (κ1) is 21.1. The van der Waals surface area contributed by atoms with Crippen molar-refractivity contribution in [1.29, 1.82) is 0 Å². The first-order chi connectivity index (χ1) is 13.7. The number of benzene rings is 1. The van der Waals surface area contributed by atoms with Gasteiger partial charge in [0.1, 0.15) is 5.75 Å². The van der Waals surface area contributed by atoms with Crippen LogP contribution < -0.4 is 16.0 Å². The maximum Gasteiger partial charge on any atom is 0.331 e. The molecule has 1 aromatic carbocycles. The minimum atomic E-state index is -1.42. The monoisotopic (exact) mass is 400 g/mol. The highest BCUT2D eigenvalue weighted by Crippen LogP contribution is 2.31. The fraction of sp³-hybridized carbons (Fsp3) is 0.455. The zero-order valence-electron chi connectivity index (χ0n) is 17.2. The summed E-state index contributed by atoms with van der Waals surface area (Å²) in [5.41, 5.74) is 2.34. The Balaban J connectivity index is 2.10. The topological polar surface area (TPSA) is 105 Å². The van der Waals surface area contributed by atoms with Crippen LogP contribution in [0.2, 0.25) is 0 Å². The zero-order valence-corrected chi connectivity index (χ0v) is 17.2. The van der Waals surface area contributed by atoms with Gasteiger partial charge in [-0.1, -0.05) is 31.6 Å². The van der Waals surface area contributed by atoms with Gasteiger partial charge in [-0.15, -0.1) is 0 Å². The lowest BCUT2D eigenvalue weighted by molar-refractivity contribution is -0.0696. The average molecular weight is 400 g/mol. The number of ether oxygens (including phenoxy) is 1. The minimum Gasteiger partial charge on any atom is -0.440 e. The van der Waals surface area contributed by atoms with Gasteiger partial charge in [0, 0.05) is 5.92 Å². The highest BCUT2D eigenvalue weighted by Gasteiger charge is 2.25. The molecule has 3 N–H and O–H groups in total. The van der Waals surface area contributed by atoms with E-state index in [4.69, 9.17) is 4.74 Å². The number of aromatic nitrogens is 2. The number of nitrogens with zero attached hydrogens (tertiary/aromatic N) is 1. The van der Waals surface area contributed by atoms with Crippen molar-refractivity contribution >= 4 is 0 Å². The molecule has 1 unspecified atom stereocenters. The predicted octanol–water partition coefficient (Wildman–Crippen LogP) is 2.72. The van der Waals surface area contributed by atoms with Crippen LogP contribution >= 0.6 is 0 Å². The summed E-state index contributed by atoms with van der Waals surface area (Å²) in [4.78, 5) is 27.6. The highest BCUT2D eigenvalue weighted by atomic mass is 16.5. The number of nitrogens with one attached hydrogen (secondary N) is 1. The van der Waals surface area contributed by atoms with E-state index in [2.05, 4.69) is 4.98 Å². The van der Waals surface area contributed by atoms with Crippen molar-refractivity contribution in [3.05, 3.63) is 67.4 Å². The largest absolute Gasteiger partial charge is 0.440 e. The van der Waals surface area contributed by atoms with Gasteiger partial charge in [0.2, 0.25) is 5.88 Å². The molecule has 0 amide bonds. The van der Waals surface area contributed by atoms with Crippen LogP contribution in [0.25, 0.3) is 0 Å². The van der Waals surface area contributed by atoms with Crippen LogP contribution in [0.4, 0.5) is 0 Å². The number of rotatable bonds is 6. The SMILES string of the molecule is Cc1cc(C)cc(Oc2c(C(C)C)c(=O)[nH]c(=O)n2CC2=CC(C(O)O)CC2)c1. The van der Waals surface area contributed by atoms with Crippen molar-refractivity contribution in [1.82, 2.24) is 9.55 Å². The fourth-order valence-corrected chi connectivity index (χ4v) is 3.82. The van der Waals surface area contributed by atoms with Crippen molar-refractivity contribution < 1.29 is 14.9 Å². The van der Waals surface area contributed by atoms with Crippen molar-refractivity contribution in [3.8, 4) is 11.6 Å². The van der Waals surface area contributed by atoms with Gasteiger partial charge in [-0.05, 0) is 55.9 Å². The van der Waals surface area contributed by atoms with Gasteiger partial charge in [-0.2, -0.15) is 0 Å². The highest BCUT2D eigenvalue weighted by molar-refractivity contribution is 5.38. The Morgan fingerprint density at radius 2 is 1.83 bits per heavy atom. The van der Waals surface area contributed by atoms with Crippen molar-refractivity contribution in [2.24, 2.45) is 5.92 Å². The van der Waals surface area contributed by atoms with Crippen molar-refractivity contribution in [2.75, 3.05) is 0 Å². The molecule has 0 aliphatic heterocycles. The standard InChI is InChI=1S/C22H28N2O5/c1-12(2)18-19(25)23-22(28)24(11-15-5-6-16(10-15)21(26)27)20(18)29-17-8-13(3)7-14(4)9-17/h7-10,12,16,21,26-27H,5-6,11H2,1-4H3,(H,23,25,28). The molecule has 1 aliphatic carbocycles. The third-order valence-corrected chi connectivity index (χ3v) is 5.17. The molecule has 0 spiro atoms. The van der Waals surface area contributed by atoms with Crippen LogP contribution in [0, 0.1) is 19.8 Å². The molecule has 0 radical (unpaired) electrons. The van der Waals surface area contributed by atoms with Gasteiger partial charge in [0.25, 0.3) is 5.56 Å². The molecule has 2 aromatic rings. The Labute approximate surface area is 169 Å². The second-order valence-electron chi connectivity index (χ2n) is 8.09. The first-order valence-corrected chi connectivity index (χ1v) is 9.84. The molecule has 7 heteroatoms. The maximum absolute atomic E-state index is 12.7. The Kier molecular flexibility index (Phi) is 6.10. The summed E-state index contributed by atoms with van der Waals surface area (Å²) in [5.74, 6) is 0.285. The van der Waals surface area contributed by atoms with E-state index >= 15 is 0 Å². The summed E-state index contributed by atoms with van der Waals surface area (Å²) in [6.45, 7) is 7.88. The van der Waals surface area contributed by atoms with E-state index in [-0.39, 0.29) is 24.3 Å². The van der Waals surface area contributed by atoms with E-state index < -0.39 is 17.5 Å². The molecule has 29 heavy (non-hydrogen) atoms. The Morgan fingerprint density at radius 3 is 2.38 bits per heavy atom. The molecule has 1 aromatic heterocycles. The quantitative estimate of drug-likeness (QED) is 0.511. The molecule has 0 bridgehead atoms. The average Bonchev–Trinajstić information content (AvgIpc) is 3.06. The first-order valence-electron chi connectivity index (χ1n) is 9.84. The van der Waals surface area contributed by atoms with Gasteiger partial charge < -0.3 is 14.9 Å². The summed E-state index contributed by atoms with van der Waals surface area (Å²) in [6, 6.07) is 5.74. The molecular weight excluding hydrogens is 372 g/mol. The number of H-pyrrole nitrogens is 1. The summed E-state index contributed by atoms with van der Waals surface area (Å²) >= 11 is 0. The second-order valence-corrected chi connectivity index (χ2v) is 8.09. The van der Waals surface area contributed by atoms with Gasteiger partial charge in [-0.25, -0.2) is 4.79 Å². The third-order valence-electron chi connectivity index (χ3n) is 5.17. The van der Waals surface area contributed by atoms with Crippen LogP contribution in [-0.4, -0.2) is 26.1 Å². The van der Waals surface area contributed by atoms with Gasteiger partial charge in [-0.3, -0.25) is 14.3 Å². The zero-order chi connectivity index (χ0) is 21.3. The Bertz CT molecular complexity index is 1030. The van der Waals surface area contributed by atoms with E-state index in [0.29, 0.717) is 24.2 Å². The van der Waals surface area contributed by atoms with E-state index in [0.717, 1.165) is 16.7 Å². The number of aryl methyl sites for hydroxylation is 2. The third kappa shape index (κ3) is 4.68. The Morgan fingerprint density at radius 1 is 1.17 bits per heavy atom. The van der Waals surface area contributed by atoms with Crippen LogP contribution in [0.3, 0.4) is 0 Å². The summed E-state index contributed by atoms with van der Waals surface area (Å²) < 4.78 is 7.55. The Hall–Kier alpha value is -2.64. The van der Waals surface area contributed by atoms with Crippen molar-refractivity contribution in [3.63, 3.8) is 0 Å². The lowest BCUT2D eigenvalue weighted by Crippen LogP contribution is -2.34. The molecule has 0 saturated heterocycles. The number of hydrogen-bond donors (Lipinski definition) is 3. The summed E-state index contributed by atoms with van der Waals surface area (Å²) in [7, 11) is 0. The van der Waals surface area contributed by atoms with E-state index in [9.17, 15) is 19.8 Å². The van der Waals surface area contributed by atoms with E-state index in [1.807, 2.05) is 45.9 Å². The number of aliphatic hydroxyl groups is 2. The van der Waals surface area contributed by atoms with E-state index in [1.54, 1.807) is 6.08 Å². The molecular formula is C22H28N2O5. The second kappa shape index (κ2) is 8.39. The van der Waals surface area contributed by atoms with Crippen LogP contribution in [0.1, 0.15) is 49.3 Å². The summed E-state index contributed by atoms with van der Waals surface area (Å²) in [5, 5.41) is 18.8. The minimum absolute atomic E-state index is 0.156. The molecule has 156 valence electrons. The number of hydrogen-bond acceptors (Lipinski definition) is 5. The number of aromatic amines is 1. The smallest absolute Gasteiger partial charge is 0.331 e. The molecule has 1 atom stereocenters. The fourth-order valence-electron chi connectivity index (χ4n) is 3.82. The number of aliphatic hydroxyl groups excluding tert-OH is 1. The predicted molar refractivity (Wildman–Crippen MR) is 110 cm³/mol. The normalized spacial score (nSPS) is 16.6. The molecule has 1 heterocycles. The molecule has 1 aliphatic rings. The van der Waals surface area contributed by atoms with E-state index in [1.165, 1.54) is 4.57 Å². The lowest BCUT2D eigenvalue weighted by atomic mass is 10.1. The van der Waals surface area contributed by atoms with Crippen LogP contribution in [-0.2, 0) is 6.54 Å². The molecule has 0 fully saturated rings. The van der Waals surface area contributed by atoms with Gasteiger partial charge in [0.05, 0.1) is 12.1 Å². The van der Waals surface area contributed by atoms with Gasteiger partial charge >= 0.3 is 5.69 Å². The molecule has 3 rings (SSSR count). The lowest BCUT2D eigenvalue weighted by Gasteiger charge is -2.19. The van der Waals surface area contributed by atoms with Crippen LogP contribution in [0.15, 0.2) is 39.4 Å². The number of allylic oxidation sites excluding steroid dienone is 1. The molecule has 0 saturated carbocycles.